The second-order valence-corrected chi connectivity index (χ2v) is 5.69. The van der Waals surface area contributed by atoms with Crippen molar-refractivity contribution in [2.24, 2.45) is 0 Å². The van der Waals surface area contributed by atoms with Gasteiger partial charge in [0.05, 0.1) is 19.3 Å². The van der Waals surface area contributed by atoms with Crippen LogP contribution in [-0.4, -0.2) is 49.1 Å². The molecule has 2 aliphatic rings. The van der Waals surface area contributed by atoms with Crippen LogP contribution in [0.5, 0.6) is 0 Å². The third-order valence-corrected chi connectivity index (χ3v) is 4.23. The van der Waals surface area contributed by atoms with Gasteiger partial charge < -0.3 is 14.5 Å². The predicted molar refractivity (Wildman–Crippen MR) is 79.5 cm³/mol. The summed E-state index contributed by atoms with van der Waals surface area (Å²) in [6, 6.07) is 5.75. The molecule has 1 atom stereocenters. The van der Waals surface area contributed by atoms with Gasteiger partial charge in [0, 0.05) is 31.3 Å². The zero-order valence-electron chi connectivity index (χ0n) is 12.5. The Labute approximate surface area is 124 Å². The zero-order chi connectivity index (χ0) is 15.0. The fourth-order valence-electron chi connectivity index (χ4n) is 3.06. The second-order valence-electron chi connectivity index (χ2n) is 5.69. The third-order valence-electron chi connectivity index (χ3n) is 4.23. The van der Waals surface area contributed by atoms with Crippen molar-refractivity contribution in [3.63, 3.8) is 0 Å². The van der Waals surface area contributed by atoms with Crippen LogP contribution in [0.25, 0.3) is 0 Å². The van der Waals surface area contributed by atoms with Gasteiger partial charge in [-0.3, -0.25) is 9.59 Å². The summed E-state index contributed by atoms with van der Waals surface area (Å²) >= 11 is 0. The normalized spacial score (nSPS) is 21.3. The highest BCUT2D eigenvalue weighted by molar-refractivity contribution is 5.98. The van der Waals surface area contributed by atoms with Gasteiger partial charge >= 0.3 is 0 Å². The lowest BCUT2D eigenvalue weighted by Gasteiger charge is -2.33. The number of fused-ring (bicyclic) bond motifs is 1. The number of carbonyl (C=O) groups is 2. The molecule has 0 aromatic heterocycles. The Morgan fingerprint density at radius 2 is 2.10 bits per heavy atom. The van der Waals surface area contributed by atoms with Crippen molar-refractivity contribution in [1.82, 2.24) is 4.90 Å². The maximum absolute atomic E-state index is 12.6. The van der Waals surface area contributed by atoms with E-state index in [9.17, 15) is 9.59 Å². The topological polar surface area (TPSA) is 49.9 Å². The number of benzene rings is 1. The lowest BCUT2D eigenvalue weighted by atomic mass is 10.1. The van der Waals surface area contributed by atoms with E-state index in [0.29, 0.717) is 31.9 Å². The minimum absolute atomic E-state index is 0.0506. The van der Waals surface area contributed by atoms with Gasteiger partial charge in [0.25, 0.3) is 5.91 Å². The monoisotopic (exact) mass is 288 g/mol. The number of anilines is 1. The van der Waals surface area contributed by atoms with Crippen LogP contribution in [0.2, 0.25) is 0 Å². The fourth-order valence-corrected chi connectivity index (χ4v) is 3.06. The van der Waals surface area contributed by atoms with E-state index < -0.39 is 0 Å². The summed E-state index contributed by atoms with van der Waals surface area (Å²) in [5, 5.41) is 0. The third kappa shape index (κ3) is 2.53. The molecular formula is C16H20N2O3. The molecule has 2 amide bonds. The van der Waals surface area contributed by atoms with Crippen LogP contribution in [-0.2, 0) is 16.0 Å². The van der Waals surface area contributed by atoms with Crippen molar-refractivity contribution < 1.29 is 14.3 Å². The predicted octanol–water partition coefficient (Wildman–Crippen LogP) is 1.46. The Hall–Kier alpha value is -1.88. The molecule has 112 valence electrons. The van der Waals surface area contributed by atoms with Gasteiger partial charge in [-0.05, 0) is 37.1 Å². The maximum atomic E-state index is 12.6. The molecule has 1 aromatic carbocycles. The van der Waals surface area contributed by atoms with Crippen molar-refractivity contribution in [2.75, 3.05) is 31.2 Å². The van der Waals surface area contributed by atoms with Crippen molar-refractivity contribution in [3.05, 3.63) is 29.3 Å². The lowest BCUT2D eigenvalue weighted by Crippen LogP contribution is -2.47. The van der Waals surface area contributed by atoms with Crippen LogP contribution in [0.3, 0.4) is 0 Å². The first-order valence-corrected chi connectivity index (χ1v) is 7.37. The summed E-state index contributed by atoms with van der Waals surface area (Å²) in [5.74, 6) is 0.101. The van der Waals surface area contributed by atoms with Crippen molar-refractivity contribution in [2.45, 2.75) is 26.3 Å². The number of hydrogen-bond donors (Lipinski definition) is 0. The van der Waals surface area contributed by atoms with Crippen molar-refractivity contribution in [3.8, 4) is 0 Å². The lowest BCUT2D eigenvalue weighted by molar-refractivity contribution is -0.116. The van der Waals surface area contributed by atoms with E-state index in [1.54, 1.807) is 11.8 Å². The first kappa shape index (κ1) is 14.1. The van der Waals surface area contributed by atoms with Crippen molar-refractivity contribution >= 4 is 17.5 Å². The molecule has 0 unspecified atom stereocenters. The van der Waals surface area contributed by atoms with Gasteiger partial charge in [0.1, 0.15) is 0 Å². The summed E-state index contributed by atoms with van der Waals surface area (Å²) in [7, 11) is 0. The number of amides is 2. The molecule has 0 saturated carbocycles. The van der Waals surface area contributed by atoms with E-state index >= 15 is 0 Å². The minimum atomic E-state index is 0.0506. The molecule has 0 bridgehead atoms. The Bertz CT molecular complexity index is 585. The molecule has 0 N–H and O–H groups in total. The van der Waals surface area contributed by atoms with Gasteiger partial charge in [0.15, 0.2) is 0 Å². The number of morpholine rings is 1. The molecule has 1 saturated heterocycles. The first-order valence-electron chi connectivity index (χ1n) is 7.37. The number of carbonyl (C=O) groups excluding carboxylic acids is 2. The minimum Gasteiger partial charge on any atom is -0.377 e. The van der Waals surface area contributed by atoms with E-state index in [4.69, 9.17) is 4.74 Å². The molecule has 5 heteroatoms. The number of ether oxygens (including phenoxy) is 1. The molecule has 1 fully saturated rings. The van der Waals surface area contributed by atoms with E-state index in [1.165, 1.54) is 0 Å². The smallest absolute Gasteiger partial charge is 0.254 e. The van der Waals surface area contributed by atoms with Crippen LogP contribution in [0.15, 0.2) is 18.2 Å². The summed E-state index contributed by atoms with van der Waals surface area (Å²) in [5.41, 5.74) is 2.72. The SMILES string of the molecule is CC(=O)N1CCc2cc(C(=O)N3CCOC[C@@H]3C)ccc21. The van der Waals surface area contributed by atoms with Crippen LogP contribution in [0.4, 0.5) is 5.69 Å². The van der Waals surface area contributed by atoms with Gasteiger partial charge in [0.2, 0.25) is 5.91 Å². The van der Waals surface area contributed by atoms with E-state index in [2.05, 4.69) is 0 Å². The maximum Gasteiger partial charge on any atom is 0.254 e. The van der Waals surface area contributed by atoms with E-state index in [-0.39, 0.29) is 17.9 Å². The molecule has 2 aliphatic heterocycles. The van der Waals surface area contributed by atoms with Gasteiger partial charge in [-0.2, -0.15) is 0 Å². The Morgan fingerprint density at radius 1 is 1.29 bits per heavy atom. The van der Waals surface area contributed by atoms with Crippen LogP contribution in [0.1, 0.15) is 29.8 Å². The molecule has 21 heavy (non-hydrogen) atoms. The highest BCUT2D eigenvalue weighted by Crippen LogP contribution is 2.29. The number of rotatable bonds is 1. The second kappa shape index (κ2) is 5.48. The molecule has 5 nitrogen and oxygen atoms in total. The first-order chi connectivity index (χ1) is 10.1. The summed E-state index contributed by atoms with van der Waals surface area (Å²) in [6.07, 6.45) is 0.814. The van der Waals surface area contributed by atoms with E-state index in [0.717, 1.165) is 17.7 Å². The molecule has 0 aliphatic carbocycles. The van der Waals surface area contributed by atoms with Crippen LogP contribution < -0.4 is 4.90 Å². The van der Waals surface area contributed by atoms with Crippen LogP contribution >= 0.6 is 0 Å². The van der Waals surface area contributed by atoms with Crippen LogP contribution in [0, 0.1) is 0 Å². The average molecular weight is 288 g/mol. The Morgan fingerprint density at radius 3 is 2.81 bits per heavy atom. The van der Waals surface area contributed by atoms with Gasteiger partial charge in [-0.1, -0.05) is 0 Å². The Kier molecular flexibility index (Phi) is 3.68. The largest absolute Gasteiger partial charge is 0.377 e. The van der Waals surface area contributed by atoms with Gasteiger partial charge in [-0.15, -0.1) is 0 Å². The summed E-state index contributed by atoms with van der Waals surface area (Å²) in [6.45, 7) is 6.10. The molecule has 0 radical (unpaired) electrons. The fraction of sp³-hybridized carbons (Fsp3) is 0.500. The highest BCUT2D eigenvalue weighted by atomic mass is 16.5. The molecule has 1 aromatic rings. The molecular weight excluding hydrogens is 268 g/mol. The molecule has 0 spiro atoms. The number of nitrogens with zero attached hydrogens (tertiary/aromatic N) is 2. The molecule has 2 heterocycles. The Balaban J connectivity index is 1.84. The standard InChI is InChI=1S/C16H20N2O3/c1-11-10-21-8-7-17(11)16(20)14-3-4-15-13(9-14)5-6-18(15)12(2)19/h3-4,9,11H,5-8,10H2,1-2H3/t11-/m0/s1. The average Bonchev–Trinajstić information content (AvgIpc) is 2.90. The quantitative estimate of drug-likeness (QED) is 0.786. The molecule has 3 rings (SSSR count). The summed E-state index contributed by atoms with van der Waals surface area (Å²) in [4.78, 5) is 27.8. The summed E-state index contributed by atoms with van der Waals surface area (Å²) < 4.78 is 5.37. The van der Waals surface area contributed by atoms with Gasteiger partial charge in [-0.25, -0.2) is 0 Å². The number of hydrogen-bond acceptors (Lipinski definition) is 3. The van der Waals surface area contributed by atoms with E-state index in [1.807, 2.05) is 30.0 Å². The van der Waals surface area contributed by atoms with Crippen molar-refractivity contribution in [1.29, 1.82) is 0 Å². The highest BCUT2D eigenvalue weighted by Gasteiger charge is 2.27. The zero-order valence-corrected chi connectivity index (χ0v) is 12.5.